The van der Waals surface area contributed by atoms with Crippen LogP contribution in [0.5, 0.6) is 0 Å². The molecule has 1 unspecified atom stereocenters. The number of hydrogen-bond acceptors (Lipinski definition) is 6. The lowest BCUT2D eigenvalue weighted by Gasteiger charge is -2.69. The summed E-state index contributed by atoms with van der Waals surface area (Å²) in [4.78, 5) is 17.4. The topological polar surface area (TPSA) is 111 Å². The van der Waals surface area contributed by atoms with Gasteiger partial charge in [0.05, 0.1) is 28.8 Å². The molecular formula is C20H17N7O. The summed E-state index contributed by atoms with van der Waals surface area (Å²) in [5.74, 6) is 0.0636. The Morgan fingerprint density at radius 1 is 1.18 bits per heavy atom. The van der Waals surface area contributed by atoms with E-state index in [9.17, 15) is 4.79 Å². The highest BCUT2D eigenvalue weighted by Crippen LogP contribution is 2.74. The minimum absolute atomic E-state index is 0.0636. The number of rotatable bonds is 4. The Bertz CT molecular complexity index is 1070. The maximum absolute atomic E-state index is 13.2. The summed E-state index contributed by atoms with van der Waals surface area (Å²) in [5.41, 5.74) is 1.66. The number of carbonyl (C=O) groups excluding carboxylic acids is 1. The molecule has 0 N–H and O–H groups in total. The zero-order valence-corrected chi connectivity index (χ0v) is 15.1. The van der Waals surface area contributed by atoms with Gasteiger partial charge in [-0.15, -0.1) is 0 Å². The fourth-order valence-electron chi connectivity index (χ4n) is 5.07. The molecule has 1 amide bonds. The predicted octanol–water partition coefficient (Wildman–Crippen LogP) is 2.15. The number of nitriles is 2. The van der Waals surface area contributed by atoms with Gasteiger partial charge in [-0.05, 0) is 36.3 Å². The van der Waals surface area contributed by atoms with Crippen LogP contribution < -0.4 is 0 Å². The highest BCUT2D eigenvalue weighted by Gasteiger charge is 2.72. The standard InChI is InChI=1S/C20H17N7O/c21-4-14-3-16(8-23-6-14)17-1-2-24-27(17)18(28)20-10-19(11-20,12-20)13-26-9-15(5-22)7-25-26/h2-3,6-9,17H,1,10-13H2. The summed E-state index contributed by atoms with van der Waals surface area (Å²) >= 11 is 0. The van der Waals surface area contributed by atoms with Crippen molar-refractivity contribution in [2.75, 3.05) is 0 Å². The van der Waals surface area contributed by atoms with Gasteiger partial charge in [-0.25, -0.2) is 5.01 Å². The number of aromatic nitrogens is 3. The van der Waals surface area contributed by atoms with E-state index in [0.717, 1.165) is 31.4 Å². The van der Waals surface area contributed by atoms with E-state index in [4.69, 9.17) is 10.5 Å². The van der Waals surface area contributed by atoms with Crippen molar-refractivity contribution < 1.29 is 4.79 Å². The van der Waals surface area contributed by atoms with Gasteiger partial charge in [0.1, 0.15) is 12.1 Å². The fourth-order valence-corrected chi connectivity index (χ4v) is 5.07. The van der Waals surface area contributed by atoms with Crippen LogP contribution in [0.3, 0.4) is 0 Å². The Balaban J connectivity index is 1.28. The molecule has 6 rings (SSSR count). The molecule has 3 aliphatic carbocycles. The maximum Gasteiger partial charge on any atom is 0.249 e. The van der Waals surface area contributed by atoms with Gasteiger partial charge in [0.2, 0.25) is 5.91 Å². The Hall–Kier alpha value is -3.52. The summed E-state index contributed by atoms with van der Waals surface area (Å²) in [5, 5.41) is 28.2. The Labute approximate surface area is 161 Å². The van der Waals surface area contributed by atoms with Crippen molar-refractivity contribution in [2.24, 2.45) is 15.9 Å². The minimum Gasteiger partial charge on any atom is -0.272 e. The van der Waals surface area contributed by atoms with Crippen LogP contribution >= 0.6 is 0 Å². The Morgan fingerprint density at radius 3 is 2.68 bits per heavy atom. The van der Waals surface area contributed by atoms with Crippen LogP contribution in [0, 0.1) is 33.5 Å². The van der Waals surface area contributed by atoms with E-state index in [0.29, 0.717) is 17.5 Å². The molecule has 1 aliphatic heterocycles. The van der Waals surface area contributed by atoms with Gasteiger partial charge in [0, 0.05) is 37.8 Å². The lowest BCUT2D eigenvalue weighted by Crippen LogP contribution is -2.68. The predicted molar refractivity (Wildman–Crippen MR) is 97.3 cm³/mol. The molecule has 1 atom stereocenters. The summed E-state index contributed by atoms with van der Waals surface area (Å²) in [6.45, 7) is 0.741. The van der Waals surface area contributed by atoms with Crippen molar-refractivity contribution in [3.05, 3.63) is 47.5 Å². The smallest absolute Gasteiger partial charge is 0.249 e. The van der Waals surface area contributed by atoms with Crippen molar-refractivity contribution in [3.8, 4) is 12.1 Å². The second kappa shape index (κ2) is 5.74. The first-order chi connectivity index (χ1) is 13.6. The summed E-state index contributed by atoms with van der Waals surface area (Å²) in [6.07, 6.45) is 11.4. The third kappa shape index (κ3) is 2.35. The summed E-state index contributed by atoms with van der Waals surface area (Å²) in [7, 11) is 0. The molecule has 2 bridgehead atoms. The normalized spacial score (nSPS) is 29.5. The van der Waals surface area contributed by atoms with Crippen molar-refractivity contribution in [3.63, 3.8) is 0 Å². The van der Waals surface area contributed by atoms with Gasteiger partial charge in [0.25, 0.3) is 0 Å². The quantitative estimate of drug-likeness (QED) is 0.817. The monoisotopic (exact) mass is 371 g/mol. The molecule has 4 aliphatic rings. The van der Waals surface area contributed by atoms with E-state index in [2.05, 4.69) is 27.3 Å². The minimum atomic E-state index is -0.328. The van der Waals surface area contributed by atoms with Gasteiger partial charge in [0.15, 0.2) is 0 Å². The first-order valence-electron chi connectivity index (χ1n) is 9.20. The zero-order valence-electron chi connectivity index (χ0n) is 15.1. The second-order valence-corrected chi connectivity index (χ2v) is 8.17. The van der Waals surface area contributed by atoms with E-state index in [1.807, 2.05) is 4.68 Å². The molecule has 3 heterocycles. The third-order valence-electron chi connectivity index (χ3n) is 6.16. The lowest BCUT2D eigenvalue weighted by molar-refractivity contribution is -0.223. The fraction of sp³-hybridized carbons (Fsp3) is 0.400. The van der Waals surface area contributed by atoms with Gasteiger partial charge < -0.3 is 0 Å². The average Bonchev–Trinajstić information content (AvgIpc) is 3.32. The van der Waals surface area contributed by atoms with Crippen LogP contribution in [0.2, 0.25) is 0 Å². The Kier molecular flexibility index (Phi) is 3.41. The molecule has 28 heavy (non-hydrogen) atoms. The van der Waals surface area contributed by atoms with Crippen LogP contribution in [0.25, 0.3) is 0 Å². The molecule has 8 heteroatoms. The van der Waals surface area contributed by atoms with E-state index in [-0.39, 0.29) is 22.8 Å². The zero-order chi connectivity index (χ0) is 19.4. The van der Waals surface area contributed by atoms with Crippen LogP contribution in [0.1, 0.15) is 48.4 Å². The first kappa shape index (κ1) is 16.6. The summed E-state index contributed by atoms with van der Waals surface area (Å²) < 4.78 is 1.81. The number of carbonyl (C=O) groups is 1. The molecule has 2 aromatic heterocycles. The van der Waals surface area contributed by atoms with E-state index in [1.54, 1.807) is 35.9 Å². The van der Waals surface area contributed by atoms with Gasteiger partial charge >= 0.3 is 0 Å². The molecule has 3 fully saturated rings. The van der Waals surface area contributed by atoms with Gasteiger partial charge in [-0.2, -0.15) is 20.7 Å². The van der Waals surface area contributed by atoms with Crippen LogP contribution in [-0.4, -0.2) is 31.9 Å². The molecule has 0 aromatic carbocycles. The molecule has 8 nitrogen and oxygen atoms in total. The van der Waals surface area contributed by atoms with Crippen LogP contribution in [-0.2, 0) is 11.3 Å². The van der Waals surface area contributed by atoms with Gasteiger partial charge in [-0.1, -0.05) is 0 Å². The van der Waals surface area contributed by atoms with Gasteiger partial charge in [-0.3, -0.25) is 14.5 Å². The summed E-state index contributed by atoms with van der Waals surface area (Å²) in [6, 6.07) is 5.77. The lowest BCUT2D eigenvalue weighted by atomic mass is 9.34. The van der Waals surface area contributed by atoms with Crippen molar-refractivity contribution in [2.45, 2.75) is 38.3 Å². The van der Waals surface area contributed by atoms with E-state index in [1.165, 1.54) is 6.20 Å². The number of hydrogen-bond donors (Lipinski definition) is 0. The molecule has 3 saturated carbocycles. The third-order valence-corrected chi connectivity index (χ3v) is 6.16. The molecule has 138 valence electrons. The number of nitrogens with zero attached hydrogens (tertiary/aromatic N) is 7. The molecule has 0 saturated heterocycles. The highest BCUT2D eigenvalue weighted by molar-refractivity contribution is 5.88. The second-order valence-electron chi connectivity index (χ2n) is 8.17. The van der Waals surface area contributed by atoms with E-state index < -0.39 is 0 Å². The molecule has 0 radical (unpaired) electrons. The molecule has 0 spiro atoms. The van der Waals surface area contributed by atoms with Crippen molar-refractivity contribution >= 4 is 12.1 Å². The number of hydrazone groups is 1. The average molecular weight is 371 g/mol. The number of amides is 1. The SMILES string of the molecule is N#Cc1cncc(C2CC=NN2C(=O)C23CC(Cn4cc(C#N)cn4)(C2)C3)c1. The van der Waals surface area contributed by atoms with Crippen molar-refractivity contribution in [1.29, 1.82) is 10.5 Å². The van der Waals surface area contributed by atoms with Crippen molar-refractivity contribution in [1.82, 2.24) is 19.8 Å². The molecular weight excluding hydrogens is 354 g/mol. The van der Waals surface area contributed by atoms with Crippen LogP contribution in [0.15, 0.2) is 36.0 Å². The van der Waals surface area contributed by atoms with E-state index >= 15 is 0 Å². The van der Waals surface area contributed by atoms with Crippen LogP contribution in [0.4, 0.5) is 0 Å². The largest absolute Gasteiger partial charge is 0.272 e. The molecule has 2 aromatic rings. The number of pyridine rings is 1. The Morgan fingerprint density at radius 2 is 1.96 bits per heavy atom. The maximum atomic E-state index is 13.2. The highest BCUT2D eigenvalue weighted by atomic mass is 16.2. The first-order valence-corrected chi connectivity index (χ1v) is 9.20.